The number of benzene rings is 1. The van der Waals surface area contributed by atoms with E-state index in [9.17, 15) is 22.8 Å². The van der Waals surface area contributed by atoms with Gasteiger partial charge in [0.15, 0.2) is 6.04 Å². The highest BCUT2D eigenvalue weighted by atomic mass is 19.4. The Kier molecular flexibility index (Phi) is 5.09. The van der Waals surface area contributed by atoms with E-state index in [1.165, 1.54) is 17.0 Å². The van der Waals surface area contributed by atoms with Crippen molar-refractivity contribution in [1.82, 2.24) is 4.90 Å². The summed E-state index contributed by atoms with van der Waals surface area (Å²) in [5, 5.41) is 9.07. The van der Waals surface area contributed by atoms with Gasteiger partial charge in [0, 0.05) is 6.54 Å². The molecule has 1 aromatic rings. The van der Waals surface area contributed by atoms with Gasteiger partial charge < -0.3 is 19.5 Å². The van der Waals surface area contributed by atoms with E-state index >= 15 is 0 Å². The lowest BCUT2D eigenvalue weighted by Crippen LogP contribution is -2.53. The van der Waals surface area contributed by atoms with Crippen molar-refractivity contribution in [2.24, 2.45) is 0 Å². The van der Waals surface area contributed by atoms with Crippen LogP contribution < -0.4 is 4.74 Å². The number of alkyl halides is 3. The van der Waals surface area contributed by atoms with Gasteiger partial charge >= 0.3 is 12.3 Å². The maximum absolute atomic E-state index is 12.2. The molecule has 1 atom stereocenters. The summed E-state index contributed by atoms with van der Waals surface area (Å²) in [4.78, 5) is 24.5. The van der Waals surface area contributed by atoms with Crippen LogP contribution in [0.15, 0.2) is 24.3 Å². The zero-order valence-electron chi connectivity index (χ0n) is 11.9. The highest BCUT2D eigenvalue weighted by Gasteiger charge is 2.33. The lowest BCUT2D eigenvalue weighted by molar-refractivity contribution is -0.274. The summed E-state index contributed by atoms with van der Waals surface area (Å²) in [7, 11) is 0. The van der Waals surface area contributed by atoms with Crippen molar-refractivity contribution in [3.8, 4) is 5.75 Å². The number of aliphatic carboxylic acids is 1. The molecular weight excluding hydrogens is 319 g/mol. The molecule has 0 radical (unpaired) electrons. The fourth-order valence-corrected chi connectivity index (χ4v) is 2.19. The number of rotatable bonds is 4. The number of hydrogen-bond acceptors (Lipinski definition) is 4. The predicted octanol–water partition coefficient (Wildman–Crippen LogP) is 1.44. The minimum Gasteiger partial charge on any atom is -0.480 e. The van der Waals surface area contributed by atoms with Crippen LogP contribution >= 0.6 is 0 Å². The molecule has 1 fully saturated rings. The second-order valence-corrected chi connectivity index (χ2v) is 4.88. The van der Waals surface area contributed by atoms with Gasteiger partial charge in [-0.25, -0.2) is 4.79 Å². The van der Waals surface area contributed by atoms with E-state index in [1.54, 1.807) is 0 Å². The average molecular weight is 333 g/mol. The second-order valence-electron chi connectivity index (χ2n) is 4.88. The van der Waals surface area contributed by atoms with Crippen molar-refractivity contribution in [2.45, 2.75) is 18.8 Å². The van der Waals surface area contributed by atoms with Crippen LogP contribution in [0.4, 0.5) is 13.2 Å². The van der Waals surface area contributed by atoms with E-state index < -0.39 is 24.3 Å². The second kappa shape index (κ2) is 6.86. The van der Waals surface area contributed by atoms with Gasteiger partial charge in [0.1, 0.15) is 5.75 Å². The molecule has 0 unspecified atom stereocenters. The third-order valence-corrected chi connectivity index (χ3v) is 3.25. The van der Waals surface area contributed by atoms with Crippen LogP contribution in [0, 0.1) is 0 Å². The van der Waals surface area contributed by atoms with Crippen molar-refractivity contribution >= 4 is 11.9 Å². The SMILES string of the molecule is O=C(O)[C@@H]1COCCN1C(=O)Cc1ccc(OC(F)(F)F)cc1. The quantitative estimate of drug-likeness (QED) is 0.902. The van der Waals surface area contributed by atoms with Crippen LogP contribution in [0.1, 0.15) is 5.56 Å². The lowest BCUT2D eigenvalue weighted by atomic mass is 10.1. The van der Waals surface area contributed by atoms with Crippen molar-refractivity contribution < 1.29 is 37.3 Å². The molecule has 126 valence electrons. The molecule has 1 saturated heterocycles. The third-order valence-electron chi connectivity index (χ3n) is 3.25. The molecule has 0 aromatic heterocycles. The number of carbonyl (C=O) groups is 2. The molecule has 2 rings (SSSR count). The van der Waals surface area contributed by atoms with E-state index in [1.807, 2.05) is 0 Å². The van der Waals surface area contributed by atoms with Crippen molar-refractivity contribution in [3.05, 3.63) is 29.8 Å². The number of morpholine rings is 1. The van der Waals surface area contributed by atoms with Gasteiger partial charge in [-0.3, -0.25) is 4.79 Å². The number of carbonyl (C=O) groups excluding carboxylic acids is 1. The molecule has 0 bridgehead atoms. The molecule has 0 spiro atoms. The fourth-order valence-electron chi connectivity index (χ4n) is 2.19. The molecule has 1 aliphatic heterocycles. The monoisotopic (exact) mass is 333 g/mol. The minimum atomic E-state index is -4.78. The smallest absolute Gasteiger partial charge is 0.480 e. The first-order valence-corrected chi connectivity index (χ1v) is 6.71. The number of ether oxygens (including phenoxy) is 2. The molecule has 1 amide bonds. The van der Waals surface area contributed by atoms with Crippen molar-refractivity contribution in [1.29, 1.82) is 0 Å². The first kappa shape index (κ1) is 17.1. The number of carboxylic acids is 1. The Morgan fingerprint density at radius 2 is 1.96 bits per heavy atom. The van der Waals surface area contributed by atoms with Gasteiger partial charge in [0.25, 0.3) is 0 Å². The van der Waals surface area contributed by atoms with Crippen LogP contribution in [0.2, 0.25) is 0 Å². The molecule has 0 saturated carbocycles. The molecule has 1 aromatic carbocycles. The van der Waals surface area contributed by atoms with E-state index in [-0.39, 0.29) is 31.9 Å². The van der Waals surface area contributed by atoms with Crippen LogP contribution in [0.25, 0.3) is 0 Å². The largest absolute Gasteiger partial charge is 0.573 e. The summed E-state index contributed by atoms with van der Waals surface area (Å²) in [6, 6.07) is 3.81. The number of nitrogens with zero attached hydrogens (tertiary/aromatic N) is 1. The summed E-state index contributed by atoms with van der Waals surface area (Å²) >= 11 is 0. The standard InChI is InChI=1S/C14H14F3NO5/c15-14(16,17)23-10-3-1-9(2-4-10)7-12(19)18-5-6-22-8-11(18)13(20)21/h1-4,11H,5-8H2,(H,20,21)/t11-/m0/s1. The Balaban J connectivity index is 2.00. The Labute approximate surface area is 129 Å². The third kappa shape index (κ3) is 4.85. The van der Waals surface area contributed by atoms with E-state index in [0.717, 1.165) is 12.1 Å². The van der Waals surface area contributed by atoms with Crippen LogP contribution in [-0.4, -0.2) is 54.0 Å². The number of amides is 1. The van der Waals surface area contributed by atoms with Gasteiger partial charge in [0.2, 0.25) is 5.91 Å². The fraction of sp³-hybridized carbons (Fsp3) is 0.429. The normalized spacial score (nSPS) is 18.6. The van der Waals surface area contributed by atoms with Crippen molar-refractivity contribution in [2.75, 3.05) is 19.8 Å². The molecule has 1 heterocycles. The van der Waals surface area contributed by atoms with Crippen LogP contribution in [-0.2, 0) is 20.7 Å². The molecule has 1 aliphatic rings. The number of carboxylic acid groups (broad SMARTS) is 1. The molecular formula is C14H14F3NO5. The number of halogens is 3. The van der Waals surface area contributed by atoms with E-state index in [0.29, 0.717) is 5.56 Å². The maximum Gasteiger partial charge on any atom is 0.573 e. The van der Waals surface area contributed by atoms with Crippen LogP contribution in [0.3, 0.4) is 0 Å². The van der Waals surface area contributed by atoms with Gasteiger partial charge in [-0.2, -0.15) is 0 Å². The lowest BCUT2D eigenvalue weighted by Gasteiger charge is -2.32. The zero-order chi connectivity index (χ0) is 17.0. The molecule has 23 heavy (non-hydrogen) atoms. The van der Waals surface area contributed by atoms with Gasteiger partial charge in [-0.1, -0.05) is 12.1 Å². The first-order valence-electron chi connectivity index (χ1n) is 6.71. The topological polar surface area (TPSA) is 76.1 Å². The molecule has 1 N–H and O–H groups in total. The Morgan fingerprint density at radius 1 is 1.30 bits per heavy atom. The highest BCUT2D eigenvalue weighted by Crippen LogP contribution is 2.23. The molecule has 6 nitrogen and oxygen atoms in total. The highest BCUT2D eigenvalue weighted by molar-refractivity contribution is 5.85. The summed E-state index contributed by atoms with van der Waals surface area (Å²) in [6.07, 6.45) is -4.89. The summed E-state index contributed by atoms with van der Waals surface area (Å²) < 4.78 is 45.0. The van der Waals surface area contributed by atoms with Crippen molar-refractivity contribution in [3.63, 3.8) is 0 Å². The first-order chi connectivity index (χ1) is 10.8. The zero-order valence-corrected chi connectivity index (χ0v) is 11.9. The molecule has 9 heteroatoms. The van der Waals surface area contributed by atoms with Gasteiger partial charge in [-0.05, 0) is 17.7 Å². The Bertz CT molecular complexity index is 573. The number of hydrogen-bond donors (Lipinski definition) is 1. The predicted molar refractivity (Wildman–Crippen MR) is 70.8 cm³/mol. The Hall–Kier alpha value is -2.29. The molecule has 0 aliphatic carbocycles. The summed E-state index contributed by atoms with van der Waals surface area (Å²) in [5.74, 6) is -1.97. The maximum atomic E-state index is 12.2. The van der Waals surface area contributed by atoms with Crippen LogP contribution in [0.5, 0.6) is 5.75 Å². The minimum absolute atomic E-state index is 0.0839. The average Bonchev–Trinajstić information content (AvgIpc) is 2.47. The Morgan fingerprint density at radius 3 is 2.52 bits per heavy atom. The van der Waals surface area contributed by atoms with E-state index in [4.69, 9.17) is 9.84 Å². The summed E-state index contributed by atoms with van der Waals surface area (Å²) in [5.41, 5.74) is 0.458. The van der Waals surface area contributed by atoms with Gasteiger partial charge in [-0.15, -0.1) is 13.2 Å². The van der Waals surface area contributed by atoms with E-state index in [2.05, 4.69) is 4.74 Å². The summed E-state index contributed by atoms with van der Waals surface area (Å²) in [6.45, 7) is 0.318. The van der Waals surface area contributed by atoms with Gasteiger partial charge in [0.05, 0.1) is 19.6 Å².